The number of halogens is 1. The van der Waals surface area contributed by atoms with Crippen molar-refractivity contribution in [1.29, 1.82) is 0 Å². The summed E-state index contributed by atoms with van der Waals surface area (Å²) in [4.78, 5) is 8.49. The van der Waals surface area contributed by atoms with Crippen LogP contribution in [0.1, 0.15) is 5.69 Å². The zero-order chi connectivity index (χ0) is 13.5. The van der Waals surface area contributed by atoms with Crippen LogP contribution in [0, 0.1) is 5.92 Å². The fourth-order valence-electron chi connectivity index (χ4n) is 1.77. The number of aliphatic hydroxyl groups is 1. The molecule has 0 amide bonds. The second-order valence-electron chi connectivity index (χ2n) is 4.31. The molecule has 0 aliphatic heterocycles. The van der Waals surface area contributed by atoms with Crippen LogP contribution in [-0.2, 0) is 6.42 Å². The zero-order valence-electron chi connectivity index (χ0n) is 10.5. The third kappa shape index (κ3) is 4.61. The first kappa shape index (κ1) is 14.0. The molecule has 2 aromatic heterocycles. The number of anilines is 1. The average molecular weight is 322 g/mol. The average Bonchev–Trinajstić information content (AvgIpc) is 2.44. The van der Waals surface area contributed by atoms with Gasteiger partial charge in [-0.3, -0.25) is 4.98 Å². The Balaban J connectivity index is 1.89. The van der Waals surface area contributed by atoms with E-state index < -0.39 is 0 Å². The summed E-state index contributed by atoms with van der Waals surface area (Å²) >= 11 is 3.40. The van der Waals surface area contributed by atoms with Crippen LogP contribution in [0.2, 0.25) is 0 Å². The lowest BCUT2D eigenvalue weighted by Gasteiger charge is -2.15. The maximum absolute atomic E-state index is 9.42. The van der Waals surface area contributed by atoms with Crippen molar-refractivity contribution < 1.29 is 5.11 Å². The minimum atomic E-state index is 0.121. The molecule has 19 heavy (non-hydrogen) atoms. The second-order valence-corrected chi connectivity index (χ2v) is 5.23. The van der Waals surface area contributed by atoms with E-state index in [9.17, 15) is 5.11 Å². The van der Waals surface area contributed by atoms with E-state index >= 15 is 0 Å². The van der Waals surface area contributed by atoms with Crippen LogP contribution in [0.4, 0.5) is 5.82 Å². The summed E-state index contributed by atoms with van der Waals surface area (Å²) in [5, 5.41) is 12.7. The van der Waals surface area contributed by atoms with E-state index in [1.165, 1.54) is 0 Å². The molecule has 4 nitrogen and oxygen atoms in total. The van der Waals surface area contributed by atoms with Crippen LogP contribution >= 0.6 is 15.9 Å². The summed E-state index contributed by atoms with van der Waals surface area (Å²) < 4.78 is 0.982. The highest BCUT2D eigenvalue weighted by Gasteiger charge is 2.09. The number of pyridine rings is 2. The topological polar surface area (TPSA) is 58.0 Å². The number of hydrogen-bond acceptors (Lipinski definition) is 4. The van der Waals surface area contributed by atoms with E-state index in [4.69, 9.17) is 0 Å². The fraction of sp³-hybridized carbons (Fsp3) is 0.286. The maximum Gasteiger partial charge on any atom is 0.127 e. The molecule has 0 saturated heterocycles. The quantitative estimate of drug-likeness (QED) is 0.858. The second kappa shape index (κ2) is 7.21. The molecule has 1 atom stereocenters. The molecule has 0 fully saturated rings. The van der Waals surface area contributed by atoms with Crippen LogP contribution in [0.15, 0.2) is 47.2 Å². The molecule has 0 spiro atoms. The van der Waals surface area contributed by atoms with Crippen molar-refractivity contribution in [2.75, 3.05) is 18.5 Å². The Hall–Kier alpha value is -1.46. The van der Waals surface area contributed by atoms with Gasteiger partial charge in [-0.1, -0.05) is 22.0 Å². The van der Waals surface area contributed by atoms with Crippen LogP contribution in [0.3, 0.4) is 0 Å². The first-order valence-corrected chi connectivity index (χ1v) is 6.93. The standard InChI is InChI=1S/C14H16BrN3O/c15-12-4-6-17-14(8-12)18-9-11(10-19)7-13-3-1-2-5-16-13/h1-6,8,11,19H,7,9-10H2,(H,17,18). The summed E-state index contributed by atoms with van der Waals surface area (Å²) in [5.74, 6) is 0.921. The van der Waals surface area contributed by atoms with Crippen LogP contribution < -0.4 is 5.32 Å². The van der Waals surface area contributed by atoms with Gasteiger partial charge in [-0.05, 0) is 30.7 Å². The van der Waals surface area contributed by atoms with Crippen molar-refractivity contribution in [1.82, 2.24) is 9.97 Å². The number of nitrogens with zero attached hydrogens (tertiary/aromatic N) is 2. The number of rotatable bonds is 6. The molecule has 0 aliphatic carbocycles. The molecular weight excluding hydrogens is 306 g/mol. The third-order valence-corrected chi connectivity index (χ3v) is 3.27. The van der Waals surface area contributed by atoms with Crippen LogP contribution in [-0.4, -0.2) is 28.2 Å². The van der Waals surface area contributed by atoms with Crippen molar-refractivity contribution in [2.24, 2.45) is 5.92 Å². The first-order valence-electron chi connectivity index (χ1n) is 6.14. The minimum Gasteiger partial charge on any atom is -0.396 e. The fourth-order valence-corrected chi connectivity index (χ4v) is 2.10. The Bertz CT molecular complexity index is 507. The molecule has 0 bridgehead atoms. The van der Waals surface area contributed by atoms with Gasteiger partial charge in [0.2, 0.25) is 0 Å². The molecule has 5 heteroatoms. The van der Waals surface area contributed by atoms with E-state index in [-0.39, 0.29) is 12.5 Å². The van der Waals surface area contributed by atoms with E-state index in [0.29, 0.717) is 6.54 Å². The first-order chi connectivity index (χ1) is 9.28. The minimum absolute atomic E-state index is 0.121. The van der Waals surface area contributed by atoms with Crippen molar-refractivity contribution in [3.63, 3.8) is 0 Å². The van der Waals surface area contributed by atoms with Gasteiger partial charge in [-0.25, -0.2) is 4.98 Å². The van der Waals surface area contributed by atoms with Gasteiger partial charge < -0.3 is 10.4 Å². The van der Waals surface area contributed by atoms with Gasteiger partial charge in [0.1, 0.15) is 5.82 Å². The van der Waals surface area contributed by atoms with E-state index in [1.54, 1.807) is 12.4 Å². The van der Waals surface area contributed by atoms with Gasteiger partial charge in [-0.2, -0.15) is 0 Å². The largest absolute Gasteiger partial charge is 0.396 e. The van der Waals surface area contributed by atoms with Crippen LogP contribution in [0.5, 0.6) is 0 Å². The lowest BCUT2D eigenvalue weighted by molar-refractivity contribution is 0.232. The van der Waals surface area contributed by atoms with Gasteiger partial charge >= 0.3 is 0 Å². The summed E-state index contributed by atoms with van der Waals surface area (Å²) in [6.45, 7) is 0.786. The number of aromatic nitrogens is 2. The lowest BCUT2D eigenvalue weighted by atomic mass is 10.0. The molecule has 0 radical (unpaired) electrons. The van der Waals surface area contributed by atoms with Gasteiger partial charge in [-0.15, -0.1) is 0 Å². The highest BCUT2D eigenvalue weighted by molar-refractivity contribution is 9.10. The molecule has 100 valence electrons. The normalized spacial score (nSPS) is 12.1. The molecule has 1 unspecified atom stereocenters. The van der Waals surface area contributed by atoms with Crippen molar-refractivity contribution in [3.8, 4) is 0 Å². The summed E-state index contributed by atoms with van der Waals surface area (Å²) in [7, 11) is 0. The molecule has 2 aromatic rings. The predicted octanol–water partition coefficient (Wildman–Crippen LogP) is 2.50. The predicted molar refractivity (Wildman–Crippen MR) is 78.9 cm³/mol. The molecule has 0 saturated carbocycles. The van der Waals surface area contributed by atoms with Crippen molar-refractivity contribution >= 4 is 21.7 Å². The van der Waals surface area contributed by atoms with Gasteiger partial charge in [0.05, 0.1) is 0 Å². The van der Waals surface area contributed by atoms with Gasteiger partial charge in [0, 0.05) is 41.6 Å². The van der Waals surface area contributed by atoms with Gasteiger partial charge in [0.15, 0.2) is 0 Å². The highest BCUT2D eigenvalue weighted by Crippen LogP contribution is 2.14. The van der Waals surface area contributed by atoms with E-state index in [0.717, 1.165) is 22.4 Å². The SMILES string of the molecule is OCC(CNc1cc(Br)ccn1)Cc1ccccn1. The summed E-state index contributed by atoms with van der Waals surface area (Å²) in [6, 6.07) is 9.61. The molecular formula is C14H16BrN3O. The molecule has 2 heterocycles. The van der Waals surface area contributed by atoms with Crippen LogP contribution in [0.25, 0.3) is 0 Å². The third-order valence-electron chi connectivity index (χ3n) is 2.78. The summed E-state index contributed by atoms with van der Waals surface area (Å²) in [6.07, 6.45) is 4.25. The Morgan fingerprint density at radius 2 is 2.11 bits per heavy atom. The van der Waals surface area contributed by atoms with Crippen molar-refractivity contribution in [2.45, 2.75) is 6.42 Å². The van der Waals surface area contributed by atoms with Gasteiger partial charge in [0.25, 0.3) is 0 Å². The number of nitrogens with one attached hydrogen (secondary N) is 1. The Labute approximate surface area is 121 Å². The monoisotopic (exact) mass is 321 g/mol. The van der Waals surface area contributed by atoms with E-state index in [2.05, 4.69) is 31.2 Å². The molecule has 2 rings (SSSR count). The Kier molecular flexibility index (Phi) is 5.30. The number of hydrogen-bond donors (Lipinski definition) is 2. The molecule has 0 aliphatic rings. The summed E-state index contributed by atoms with van der Waals surface area (Å²) in [5.41, 5.74) is 0.991. The molecule has 0 aromatic carbocycles. The zero-order valence-corrected chi connectivity index (χ0v) is 12.0. The number of aliphatic hydroxyl groups excluding tert-OH is 1. The van der Waals surface area contributed by atoms with Crippen molar-refractivity contribution in [3.05, 3.63) is 52.9 Å². The maximum atomic E-state index is 9.42. The molecule has 2 N–H and O–H groups in total. The lowest BCUT2D eigenvalue weighted by Crippen LogP contribution is -2.21. The highest BCUT2D eigenvalue weighted by atomic mass is 79.9. The Morgan fingerprint density at radius 1 is 1.21 bits per heavy atom. The Morgan fingerprint density at radius 3 is 2.79 bits per heavy atom. The smallest absolute Gasteiger partial charge is 0.127 e. The van der Waals surface area contributed by atoms with E-state index in [1.807, 2.05) is 30.3 Å².